The summed E-state index contributed by atoms with van der Waals surface area (Å²) in [5.74, 6) is 1.83. The van der Waals surface area contributed by atoms with E-state index in [-0.39, 0.29) is 4.75 Å². The lowest BCUT2D eigenvalue weighted by atomic mass is 10.2. The van der Waals surface area contributed by atoms with E-state index >= 15 is 0 Å². The van der Waals surface area contributed by atoms with Crippen LogP contribution >= 0.6 is 11.8 Å². The number of hydrogen-bond acceptors (Lipinski definition) is 5. The largest absolute Gasteiger partial charge is 0.368 e. The van der Waals surface area contributed by atoms with Crippen LogP contribution in [0.1, 0.15) is 32.4 Å². The topological polar surface area (TPSA) is 64.7 Å². The maximum atomic E-state index is 5.61. The van der Waals surface area contributed by atoms with Crippen molar-refractivity contribution in [3.8, 4) is 0 Å². The van der Waals surface area contributed by atoms with Gasteiger partial charge in [0.2, 0.25) is 5.95 Å². The third kappa shape index (κ3) is 2.35. The third-order valence-electron chi connectivity index (χ3n) is 2.06. The highest BCUT2D eigenvalue weighted by Gasteiger charge is 2.23. The molecule has 0 bridgehead atoms. The standard InChI is InChI=1S/C9H16N4S/c1-5-6-11-7(9(2,3)14-4)13-8(10)12-6/h5H2,1-4H3,(H2,10,11,12,13). The molecule has 78 valence electrons. The average molecular weight is 212 g/mol. The Morgan fingerprint density at radius 3 is 2.43 bits per heavy atom. The van der Waals surface area contributed by atoms with Crippen molar-refractivity contribution in [1.29, 1.82) is 0 Å². The van der Waals surface area contributed by atoms with Crippen LogP contribution in [0.4, 0.5) is 5.95 Å². The number of anilines is 1. The van der Waals surface area contributed by atoms with Crippen LogP contribution in [0, 0.1) is 0 Å². The van der Waals surface area contributed by atoms with E-state index in [1.54, 1.807) is 11.8 Å². The van der Waals surface area contributed by atoms with Crippen molar-refractivity contribution in [3.05, 3.63) is 11.6 Å². The molecule has 0 aliphatic heterocycles. The fourth-order valence-electron chi connectivity index (χ4n) is 0.957. The predicted octanol–water partition coefficient (Wildman–Crippen LogP) is 1.61. The number of nitrogens with zero attached hydrogens (tertiary/aromatic N) is 3. The summed E-state index contributed by atoms with van der Waals surface area (Å²) in [5, 5.41) is 0. The molecule has 2 N–H and O–H groups in total. The van der Waals surface area contributed by atoms with Gasteiger partial charge >= 0.3 is 0 Å². The Hall–Kier alpha value is -0.840. The lowest BCUT2D eigenvalue weighted by Gasteiger charge is -2.20. The Balaban J connectivity index is 3.15. The number of rotatable bonds is 3. The molecule has 4 nitrogen and oxygen atoms in total. The quantitative estimate of drug-likeness (QED) is 0.824. The second kappa shape index (κ2) is 4.13. The third-order valence-corrected chi connectivity index (χ3v) is 3.27. The molecule has 1 heterocycles. The van der Waals surface area contributed by atoms with Crippen molar-refractivity contribution in [2.75, 3.05) is 12.0 Å². The van der Waals surface area contributed by atoms with Gasteiger partial charge in [0.05, 0.1) is 4.75 Å². The van der Waals surface area contributed by atoms with Crippen molar-refractivity contribution in [1.82, 2.24) is 15.0 Å². The summed E-state index contributed by atoms with van der Waals surface area (Å²) in [6, 6.07) is 0. The van der Waals surface area contributed by atoms with E-state index in [4.69, 9.17) is 5.73 Å². The van der Waals surface area contributed by atoms with Crippen molar-refractivity contribution >= 4 is 17.7 Å². The second-order valence-corrected chi connectivity index (χ2v) is 4.93. The van der Waals surface area contributed by atoms with Crippen molar-refractivity contribution in [2.24, 2.45) is 0 Å². The minimum atomic E-state index is -0.110. The van der Waals surface area contributed by atoms with Crippen LogP contribution in [0.15, 0.2) is 0 Å². The van der Waals surface area contributed by atoms with E-state index in [0.717, 1.165) is 18.1 Å². The summed E-state index contributed by atoms with van der Waals surface area (Å²) in [4.78, 5) is 12.6. The first-order valence-electron chi connectivity index (χ1n) is 4.55. The highest BCUT2D eigenvalue weighted by molar-refractivity contribution is 7.99. The highest BCUT2D eigenvalue weighted by atomic mass is 32.2. The van der Waals surface area contributed by atoms with Gasteiger partial charge in [-0.15, -0.1) is 0 Å². The number of thioether (sulfide) groups is 1. The Kier molecular flexibility index (Phi) is 3.31. The SMILES string of the molecule is CCc1nc(N)nc(C(C)(C)SC)n1. The maximum absolute atomic E-state index is 5.61. The highest BCUT2D eigenvalue weighted by Crippen LogP contribution is 2.30. The molecular weight excluding hydrogens is 196 g/mol. The van der Waals surface area contributed by atoms with Crippen molar-refractivity contribution in [3.63, 3.8) is 0 Å². The fourth-order valence-corrected chi connectivity index (χ4v) is 1.23. The Morgan fingerprint density at radius 2 is 1.93 bits per heavy atom. The molecule has 0 aliphatic rings. The zero-order valence-electron chi connectivity index (χ0n) is 9.03. The average Bonchev–Trinajstić information content (AvgIpc) is 2.16. The van der Waals surface area contributed by atoms with Crippen LogP contribution in [0.25, 0.3) is 0 Å². The smallest absolute Gasteiger partial charge is 0.223 e. The first kappa shape index (κ1) is 11.2. The van der Waals surface area contributed by atoms with Gasteiger partial charge in [-0.2, -0.15) is 21.7 Å². The number of aryl methyl sites for hydroxylation is 1. The summed E-state index contributed by atoms with van der Waals surface area (Å²) in [6.45, 7) is 6.16. The summed E-state index contributed by atoms with van der Waals surface area (Å²) in [7, 11) is 0. The first-order valence-corrected chi connectivity index (χ1v) is 5.78. The maximum Gasteiger partial charge on any atom is 0.223 e. The monoisotopic (exact) mass is 212 g/mol. The summed E-state index contributed by atoms with van der Waals surface area (Å²) >= 11 is 1.70. The van der Waals surface area contributed by atoms with Crippen LogP contribution in [-0.4, -0.2) is 21.2 Å². The molecule has 0 spiro atoms. The molecule has 1 aromatic rings. The molecule has 0 saturated carbocycles. The van der Waals surface area contributed by atoms with Crippen molar-refractivity contribution < 1.29 is 0 Å². The first-order chi connectivity index (χ1) is 6.49. The fraction of sp³-hybridized carbons (Fsp3) is 0.667. The Labute approximate surface area is 88.7 Å². The van der Waals surface area contributed by atoms with E-state index in [0.29, 0.717) is 5.95 Å². The van der Waals surface area contributed by atoms with Crippen LogP contribution in [0.2, 0.25) is 0 Å². The molecular formula is C9H16N4S. The van der Waals surface area contributed by atoms with Gasteiger partial charge in [-0.05, 0) is 20.1 Å². The zero-order valence-corrected chi connectivity index (χ0v) is 9.85. The minimum absolute atomic E-state index is 0.110. The molecule has 0 fully saturated rings. The normalized spacial score (nSPS) is 11.7. The van der Waals surface area contributed by atoms with Crippen LogP contribution < -0.4 is 5.73 Å². The summed E-state index contributed by atoms with van der Waals surface area (Å²) < 4.78 is -0.110. The second-order valence-electron chi connectivity index (χ2n) is 3.50. The van der Waals surface area contributed by atoms with Crippen LogP contribution in [-0.2, 0) is 11.2 Å². The molecule has 0 amide bonds. The molecule has 5 heteroatoms. The molecule has 1 aromatic heterocycles. The van der Waals surface area contributed by atoms with Gasteiger partial charge in [-0.3, -0.25) is 0 Å². The molecule has 0 atom stereocenters. The summed E-state index contributed by atoms with van der Waals surface area (Å²) in [6.07, 6.45) is 2.82. The van der Waals surface area contributed by atoms with Gasteiger partial charge in [0.25, 0.3) is 0 Å². The molecule has 1 rings (SSSR count). The van der Waals surface area contributed by atoms with Gasteiger partial charge in [0.1, 0.15) is 11.6 Å². The Bertz CT molecular complexity index is 325. The lowest BCUT2D eigenvalue weighted by molar-refractivity contribution is 0.687. The summed E-state index contributed by atoms with van der Waals surface area (Å²) in [5.41, 5.74) is 5.61. The molecule has 0 aliphatic carbocycles. The van der Waals surface area contributed by atoms with Gasteiger partial charge in [-0.25, -0.2) is 4.98 Å². The van der Waals surface area contributed by atoms with Gasteiger partial charge in [-0.1, -0.05) is 6.92 Å². The van der Waals surface area contributed by atoms with Crippen LogP contribution in [0.3, 0.4) is 0 Å². The number of nitrogen functional groups attached to an aromatic ring is 1. The molecule has 0 aromatic carbocycles. The van der Waals surface area contributed by atoms with E-state index in [2.05, 4.69) is 28.8 Å². The number of nitrogens with two attached hydrogens (primary N) is 1. The van der Waals surface area contributed by atoms with Gasteiger partial charge in [0, 0.05) is 6.42 Å². The minimum Gasteiger partial charge on any atom is -0.368 e. The zero-order chi connectivity index (χ0) is 10.8. The van der Waals surface area contributed by atoms with E-state index in [1.165, 1.54) is 0 Å². The van der Waals surface area contributed by atoms with E-state index in [9.17, 15) is 0 Å². The van der Waals surface area contributed by atoms with E-state index in [1.807, 2.05) is 13.2 Å². The van der Waals surface area contributed by atoms with Crippen molar-refractivity contribution in [2.45, 2.75) is 31.9 Å². The number of hydrogen-bond donors (Lipinski definition) is 1. The predicted molar refractivity (Wildman–Crippen MR) is 60.2 cm³/mol. The number of aromatic nitrogens is 3. The Morgan fingerprint density at radius 1 is 1.29 bits per heavy atom. The van der Waals surface area contributed by atoms with Gasteiger partial charge < -0.3 is 5.73 Å². The molecule has 0 radical (unpaired) electrons. The molecule has 14 heavy (non-hydrogen) atoms. The van der Waals surface area contributed by atoms with E-state index < -0.39 is 0 Å². The van der Waals surface area contributed by atoms with Crippen LogP contribution in [0.5, 0.6) is 0 Å². The molecule has 0 unspecified atom stereocenters. The van der Waals surface area contributed by atoms with Gasteiger partial charge in [0.15, 0.2) is 0 Å². The molecule has 0 saturated heterocycles. The lowest BCUT2D eigenvalue weighted by Crippen LogP contribution is -2.19.